The molecule has 0 fully saturated rings. The molecule has 0 bridgehead atoms. The van der Waals surface area contributed by atoms with Crippen LogP contribution in [0, 0.1) is 6.92 Å². The quantitative estimate of drug-likeness (QED) is 0.821. The summed E-state index contributed by atoms with van der Waals surface area (Å²) >= 11 is 0. The van der Waals surface area contributed by atoms with Crippen LogP contribution in [0.1, 0.15) is 16.8 Å². The largest absolute Gasteiger partial charge is 0.311 e. The molecule has 2 heterocycles. The van der Waals surface area contributed by atoms with E-state index in [2.05, 4.69) is 30.2 Å². The highest BCUT2D eigenvalue weighted by Crippen LogP contribution is 2.31. The van der Waals surface area contributed by atoms with Gasteiger partial charge in [-0.2, -0.15) is 5.10 Å². The summed E-state index contributed by atoms with van der Waals surface area (Å²) in [5.74, 6) is 0.131. The monoisotopic (exact) mass is 255 g/mol. The maximum absolute atomic E-state index is 12.4. The van der Waals surface area contributed by atoms with Crippen LogP contribution in [0.25, 0.3) is 0 Å². The second kappa shape index (κ2) is 4.53. The molecule has 0 N–H and O–H groups in total. The Labute approximate surface area is 112 Å². The zero-order chi connectivity index (χ0) is 13.4. The number of fused-ring (bicyclic) bond motifs is 1. The van der Waals surface area contributed by atoms with Crippen molar-refractivity contribution in [2.45, 2.75) is 19.8 Å². The first kappa shape index (κ1) is 12.0. The number of rotatable bonds is 2. The fourth-order valence-electron chi connectivity index (χ4n) is 2.71. The molecule has 0 atom stereocenters. The average molecular weight is 255 g/mol. The van der Waals surface area contributed by atoms with Crippen molar-refractivity contribution in [3.63, 3.8) is 0 Å². The number of carbonyl (C=O) groups is 1. The maximum Gasteiger partial charge on any atom is 0.233 e. The van der Waals surface area contributed by atoms with Gasteiger partial charge in [-0.25, -0.2) is 0 Å². The number of nitrogens with zero attached hydrogens (tertiary/aromatic N) is 3. The third-order valence-corrected chi connectivity index (χ3v) is 3.60. The zero-order valence-electron chi connectivity index (χ0n) is 11.3. The van der Waals surface area contributed by atoms with Crippen molar-refractivity contribution >= 4 is 11.6 Å². The van der Waals surface area contributed by atoms with Crippen LogP contribution < -0.4 is 4.90 Å². The van der Waals surface area contributed by atoms with Gasteiger partial charge in [0.25, 0.3) is 0 Å². The molecule has 4 nitrogen and oxygen atoms in total. The third kappa shape index (κ3) is 2.14. The summed E-state index contributed by atoms with van der Waals surface area (Å²) in [6.07, 6.45) is 3.19. The molecule has 1 aromatic heterocycles. The molecule has 0 aliphatic carbocycles. The highest BCUT2D eigenvalue weighted by molar-refractivity contribution is 5.97. The minimum Gasteiger partial charge on any atom is -0.311 e. The predicted molar refractivity (Wildman–Crippen MR) is 74.1 cm³/mol. The van der Waals surface area contributed by atoms with E-state index >= 15 is 0 Å². The minimum atomic E-state index is 0.131. The van der Waals surface area contributed by atoms with Crippen molar-refractivity contribution in [2.75, 3.05) is 11.4 Å². The van der Waals surface area contributed by atoms with E-state index in [0.29, 0.717) is 6.42 Å². The van der Waals surface area contributed by atoms with E-state index < -0.39 is 0 Å². The van der Waals surface area contributed by atoms with E-state index in [-0.39, 0.29) is 5.91 Å². The van der Waals surface area contributed by atoms with Crippen molar-refractivity contribution in [1.29, 1.82) is 0 Å². The van der Waals surface area contributed by atoms with Crippen molar-refractivity contribution in [1.82, 2.24) is 9.78 Å². The smallest absolute Gasteiger partial charge is 0.233 e. The summed E-state index contributed by atoms with van der Waals surface area (Å²) < 4.78 is 1.73. The Balaban J connectivity index is 1.83. The standard InChI is InChI=1S/C15H17N3O/c1-11-4-3-5-12-6-9-18(15(11)12)14(19)10-13-7-8-17(2)16-13/h3-5,7-8H,6,9-10H2,1-2H3. The van der Waals surface area contributed by atoms with Crippen molar-refractivity contribution in [3.05, 3.63) is 47.3 Å². The first-order chi connectivity index (χ1) is 9.15. The van der Waals surface area contributed by atoms with Crippen LogP contribution in [-0.4, -0.2) is 22.2 Å². The van der Waals surface area contributed by atoms with E-state index in [1.807, 2.05) is 24.2 Å². The Morgan fingerprint density at radius 1 is 1.37 bits per heavy atom. The van der Waals surface area contributed by atoms with Crippen molar-refractivity contribution < 1.29 is 4.79 Å². The zero-order valence-corrected chi connectivity index (χ0v) is 11.3. The molecule has 1 aliphatic rings. The molecule has 0 saturated carbocycles. The maximum atomic E-state index is 12.4. The van der Waals surface area contributed by atoms with Crippen LogP contribution in [0.15, 0.2) is 30.5 Å². The molecule has 0 saturated heterocycles. The first-order valence-electron chi connectivity index (χ1n) is 6.52. The number of hydrogen-bond acceptors (Lipinski definition) is 2. The first-order valence-corrected chi connectivity index (χ1v) is 6.52. The Hall–Kier alpha value is -2.10. The predicted octanol–water partition coefficient (Wildman–Crippen LogP) is 1.86. The Morgan fingerprint density at radius 3 is 2.95 bits per heavy atom. The van der Waals surface area contributed by atoms with Gasteiger partial charge in [0.15, 0.2) is 0 Å². The van der Waals surface area contributed by atoms with Crippen LogP contribution in [0.5, 0.6) is 0 Å². The lowest BCUT2D eigenvalue weighted by molar-refractivity contribution is -0.117. The minimum absolute atomic E-state index is 0.131. The number of aryl methyl sites for hydroxylation is 2. The number of anilines is 1. The summed E-state index contributed by atoms with van der Waals surface area (Å²) in [7, 11) is 1.86. The molecule has 0 unspecified atom stereocenters. The van der Waals surface area contributed by atoms with Gasteiger partial charge >= 0.3 is 0 Å². The fraction of sp³-hybridized carbons (Fsp3) is 0.333. The van der Waals surface area contributed by atoms with Gasteiger partial charge < -0.3 is 4.90 Å². The number of aromatic nitrogens is 2. The number of benzene rings is 1. The van der Waals surface area contributed by atoms with Gasteiger partial charge in [-0.05, 0) is 30.5 Å². The van der Waals surface area contributed by atoms with E-state index in [9.17, 15) is 4.79 Å². The molecule has 0 spiro atoms. The normalized spacial score (nSPS) is 13.7. The second-order valence-corrected chi connectivity index (χ2v) is 5.04. The summed E-state index contributed by atoms with van der Waals surface area (Å²) in [5, 5.41) is 4.27. The van der Waals surface area contributed by atoms with Gasteiger partial charge in [-0.3, -0.25) is 9.48 Å². The number of hydrogen-bond donors (Lipinski definition) is 0. The topological polar surface area (TPSA) is 38.1 Å². The molecule has 1 amide bonds. The number of carbonyl (C=O) groups excluding carboxylic acids is 1. The van der Waals surface area contributed by atoms with Crippen LogP contribution in [0.3, 0.4) is 0 Å². The van der Waals surface area contributed by atoms with E-state index in [0.717, 1.165) is 24.3 Å². The lowest BCUT2D eigenvalue weighted by Crippen LogP contribution is -2.31. The lowest BCUT2D eigenvalue weighted by Gasteiger charge is -2.18. The highest BCUT2D eigenvalue weighted by Gasteiger charge is 2.26. The fourth-order valence-corrected chi connectivity index (χ4v) is 2.71. The van der Waals surface area contributed by atoms with Crippen LogP contribution >= 0.6 is 0 Å². The van der Waals surface area contributed by atoms with Crippen LogP contribution in [0.2, 0.25) is 0 Å². The molecule has 2 aromatic rings. The van der Waals surface area contributed by atoms with Gasteiger partial charge in [-0.1, -0.05) is 18.2 Å². The van der Waals surface area contributed by atoms with Gasteiger partial charge in [0, 0.05) is 25.5 Å². The summed E-state index contributed by atoms with van der Waals surface area (Å²) in [6.45, 7) is 2.84. The molecule has 1 aliphatic heterocycles. The van der Waals surface area contributed by atoms with Crippen molar-refractivity contribution in [2.24, 2.45) is 7.05 Å². The summed E-state index contributed by atoms with van der Waals surface area (Å²) in [6, 6.07) is 8.12. The van der Waals surface area contributed by atoms with E-state index in [4.69, 9.17) is 0 Å². The highest BCUT2D eigenvalue weighted by atomic mass is 16.2. The number of amides is 1. The Bertz CT molecular complexity index is 630. The molecule has 0 radical (unpaired) electrons. The van der Waals surface area contributed by atoms with Gasteiger partial charge in [0.05, 0.1) is 12.1 Å². The Kier molecular flexibility index (Phi) is 2.85. The molecular formula is C15H17N3O. The molecule has 4 heteroatoms. The van der Waals surface area contributed by atoms with Crippen LogP contribution in [0.4, 0.5) is 5.69 Å². The molecule has 19 heavy (non-hydrogen) atoms. The van der Waals surface area contributed by atoms with E-state index in [1.165, 1.54) is 11.1 Å². The number of para-hydroxylation sites is 1. The van der Waals surface area contributed by atoms with Crippen LogP contribution in [-0.2, 0) is 24.7 Å². The molecule has 98 valence electrons. The van der Waals surface area contributed by atoms with E-state index in [1.54, 1.807) is 4.68 Å². The van der Waals surface area contributed by atoms with Gasteiger partial charge in [0.1, 0.15) is 0 Å². The molecular weight excluding hydrogens is 238 g/mol. The lowest BCUT2D eigenvalue weighted by atomic mass is 10.1. The molecule has 3 rings (SSSR count). The average Bonchev–Trinajstić information content (AvgIpc) is 2.96. The summed E-state index contributed by atoms with van der Waals surface area (Å²) in [5.41, 5.74) is 4.37. The Morgan fingerprint density at radius 2 is 2.21 bits per heavy atom. The van der Waals surface area contributed by atoms with Crippen molar-refractivity contribution in [3.8, 4) is 0 Å². The third-order valence-electron chi connectivity index (χ3n) is 3.60. The molecule has 1 aromatic carbocycles. The van der Waals surface area contributed by atoms with Gasteiger partial charge in [-0.15, -0.1) is 0 Å². The van der Waals surface area contributed by atoms with Gasteiger partial charge in [0.2, 0.25) is 5.91 Å². The summed E-state index contributed by atoms with van der Waals surface area (Å²) in [4.78, 5) is 14.3. The SMILES string of the molecule is Cc1cccc2c1N(C(=O)Cc1ccn(C)n1)CC2. The second-order valence-electron chi connectivity index (χ2n) is 5.04.